The predicted molar refractivity (Wildman–Crippen MR) is 90.8 cm³/mol. The molecule has 1 rings (SSSR count). The van der Waals surface area contributed by atoms with Crippen LogP contribution in [0.1, 0.15) is 44.9 Å². The fourth-order valence-corrected chi connectivity index (χ4v) is 2.99. The van der Waals surface area contributed by atoms with Crippen LogP contribution in [0.2, 0.25) is 0 Å². The first-order chi connectivity index (χ1) is 9.83. The lowest BCUT2D eigenvalue weighted by molar-refractivity contribution is -0.151. The van der Waals surface area contributed by atoms with Crippen molar-refractivity contribution < 1.29 is 9.53 Å². The van der Waals surface area contributed by atoms with Gasteiger partial charge in [-0.3, -0.25) is 4.79 Å². The van der Waals surface area contributed by atoms with Crippen LogP contribution in [-0.4, -0.2) is 29.6 Å². The molecule has 1 atom stereocenters. The van der Waals surface area contributed by atoms with Gasteiger partial charge < -0.3 is 10.1 Å². The summed E-state index contributed by atoms with van der Waals surface area (Å²) in [7, 11) is 0. The van der Waals surface area contributed by atoms with Crippen LogP contribution in [0.15, 0.2) is 24.3 Å². The van der Waals surface area contributed by atoms with Gasteiger partial charge in [-0.05, 0) is 45.4 Å². The van der Waals surface area contributed by atoms with Crippen LogP contribution >= 0.6 is 11.8 Å². The molecule has 1 unspecified atom stereocenters. The number of esters is 1. The minimum atomic E-state index is -0.408. The molecule has 0 aliphatic carbocycles. The molecule has 1 aromatic rings. The topological polar surface area (TPSA) is 38.3 Å². The highest BCUT2D eigenvalue weighted by Crippen LogP contribution is 2.22. The maximum atomic E-state index is 11.7. The number of nitrogens with one attached hydrogen (secondary N) is 1. The quantitative estimate of drug-likeness (QED) is 0.779. The van der Waals surface area contributed by atoms with E-state index in [-0.39, 0.29) is 12.0 Å². The van der Waals surface area contributed by atoms with E-state index in [4.69, 9.17) is 4.74 Å². The zero-order valence-electron chi connectivity index (χ0n) is 13.7. The maximum absolute atomic E-state index is 11.7. The zero-order valence-corrected chi connectivity index (χ0v) is 14.5. The Kier molecular flexibility index (Phi) is 7.26. The number of carbonyl (C=O) groups excluding carboxylic acids is 1. The molecule has 0 bridgehead atoms. The summed E-state index contributed by atoms with van der Waals surface area (Å²) in [5.74, 6) is 1.11. The SMILES string of the molecule is CCNC(CSCC(=O)OC(C)(C)C)c1ccccc1C. The number of hydrogen-bond acceptors (Lipinski definition) is 4. The second kappa shape index (κ2) is 8.44. The summed E-state index contributed by atoms with van der Waals surface area (Å²) in [4.78, 5) is 11.7. The average Bonchev–Trinajstić information content (AvgIpc) is 2.36. The first kappa shape index (κ1) is 18.1. The van der Waals surface area contributed by atoms with E-state index in [2.05, 4.69) is 43.4 Å². The monoisotopic (exact) mass is 309 g/mol. The first-order valence-corrected chi connectivity index (χ1v) is 8.57. The lowest BCUT2D eigenvalue weighted by Gasteiger charge is -2.21. The maximum Gasteiger partial charge on any atom is 0.316 e. The molecule has 0 heterocycles. The first-order valence-electron chi connectivity index (χ1n) is 7.42. The molecule has 0 amide bonds. The molecular formula is C17H27NO2S. The van der Waals surface area contributed by atoms with Crippen LogP contribution in [0.4, 0.5) is 0 Å². The van der Waals surface area contributed by atoms with E-state index in [9.17, 15) is 4.79 Å². The van der Waals surface area contributed by atoms with E-state index >= 15 is 0 Å². The Hall–Kier alpha value is -1.00. The number of hydrogen-bond donors (Lipinski definition) is 1. The Labute approximate surface area is 132 Å². The van der Waals surface area contributed by atoms with Crippen LogP contribution in [0, 0.1) is 6.92 Å². The average molecular weight is 309 g/mol. The van der Waals surface area contributed by atoms with E-state index in [0.717, 1.165) is 12.3 Å². The van der Waals surface area contributed by atoms with E-state index in [1.54, 1.807) is 11.8 Å². The van der Waals surface area contributed by atoms with Crippen LogP contribution in [0.3, 0.4) is 0 Å². The molecule has 0 saturated heterocycles. The van der Waals surface area contributed by atoms with Crippen molar-refractivity contribution in [3.8, 4) is 0 Å². The van der Waals surface area contributed by atoms with E-state index in [0.29, 0.717) is 5.75 Å². The van der Waals surface area contributed by atoms with Crippen LogP contribution < -0.4 is 5.32 Å². The third kappa shape index (κ3) is 7.00. The van der Waals surface area contributed by atoms with Crippen molar-refractivity contribution >= 4 is 17.7 Å². The molecule has 0 saturated carbocycles. The molecule has 118 valence electrons. The molecule has 21 heavy (non-hydrogen) atoms. The van der Waals surface area contributed by atoms with E-state index < -0.39 is 5.60 Å². The van der Waals surface area contributed by atoms with Crippen molar-refractivity contribution in [3.63, 3.8) is 0 Å². The van der Waals surface area contributed by atoms with Crippen molar-refractivity contribution in [2.75, 3.05) is 18.1 Å². The molecule has 4 heteroatoms. The van der Waals surface area contributed by atoms with Crippen molar-refractivity contribution in [1.29, 1.82) is 0 Å². The fourth-order valence-electron chi connectivity index (χ4n) is 2.11. The Morgan fingerprint density at radius 1 is 1.33 bits per heavy atom. The molecule has 0 spiro atoms. The summed E-state index contributed by atoms with van der Waals surface area (Å²) in [5.41, 5.74) is 2.17. The van der Waals surface area contributed by atoms with Gasteiger partial charge in [-0.1, -0.05) is 31.2 Å². The van der Waals surface area contributed by atoms with Gasteiger partial charge in [0.2, 0.25) is 0 Å². The van der Waals surface area contributed by atoms with Crippen molar-refractivity contribution in [2.45, 2.75) is 46.3 Å². The normalized spacial score (nSPS) is 13.0. The number of ether oxygens (including phenoxy) is 1. The number of thioether (sulfide) groups is 1. The Morgan fingerprint density at radius 2 is 2.00 bits per heavy atom. The number of benzene rings is 1. The Bertz CT molecular complexity index is 454. The zero-order chi connectivity index (χ0) is 15.9. The molecule has 0 aliphatic rings. The van der Waals surface area contributed by atoms with Gasteiger partial charge in [-0.15, -0.1) is 11.8 Å². The van der Waals surface area contributed by atoms with Gasteiger partial charge in [-0.2, -0.15) is 0 Å². The summed E-state index contributed by atoms with van der Waals surface area (Å²) in [6, 6.07) is 8.65. The highest BCUT2D eigenvalue weighted by Gasteiger charge is 2.17. The molecular weight excluding hydrogens is 282 g/mol. The highest BCUT2D eigenvalue weighted by atomic mass is 32.2. The lowest BCUT2D eigenvalue weighted by Crippen LogP contribution is -2.26. The van der Waals surface area contributed by atoms with Gasteiger partial charge in [0.25, 0.3) is 0 Å². The largest absolute Gasteiger partial charge is 0.459 e. The van der Waals surface area contributed by atoms with Crippen molar-refractivity contribution in [3.05, 3.63) is 35.4 Å². The van der Waals surface area contributed by atoms with Crippen molar-refractivity contribution in [2.24, 2.45) is 0 Å². The Balaban J connectivity index is 2.53. The molecule has 1 N–H and O–H groups in total. The van der Waals surface area contributed by atoms with Gasteiger partial charge in [0.05, 0.1) is 5.75 Å². The summed E-state index contributed by atoms with van der Waals surface area (Å²) in [6.07, 6.45) is 0. The second-order valence-corrected chi connectivity index (χ2v) is 7.10. The molecule has 3 nitrogen and oxygen atoms in total. The summed E-state index contributed by atoms with van der Waals surface area (Å²) in [5, 5.41) is 3.49. The number of carbonyl (C=O) groups is 1. The van der Waals surface area contributed by atoms with Crippen molar-refractivity contribution in [1.82, 2.24) is 5.32 Å². The second-order valence-electron chi connectivity index (χ2n) is 6.07. The summed E-state index contributed by atoms with van der Waals surface area (Å²) < 4.78 is 5.33. The number of aryl methyl sites for hydroxylation is 1. The van der Waals surface area contributed by atoms with Gasteiger partial charge in [-0.25, -0.2) is 0 Å². The minimum Gasteiger partial charge on any atom is -0.459 e. The smallest absolute Gasteiger partial charge is 0.316 e. The third-order valence-corrected chi connectivity index (χ3v) is 3.95. The highest BCUT2D eigenvalue weighted by molar-refractivity contribution is 7.99. The van der Waals surface area contributed by atoms with Gasteiger partial charge >= 0.3 is 5.97 Å². The fraction of sp³-hybridized carbons (Fsp3) is 0.588. The van der Waals surface area contributed by atoms with E-state index in [1.165, 1.54) is 11.1 Å². The number of rotatable bonds is 7. The summed E-state index contributed by atoms with van der Waals surface area (Å²) >= 11 is 1.62. The predicted octanol–water partition coefficient (Wildman–Crippen LogP) is 3.72. The van der Waals surface area contributed by atoms with Gasteiger partial charge in [0.1, 0.15) is 5.60 Å². The molecule has 0 aliphatic heterocycles. The molecule has 1 aromatic carbocycles. The van der Waals surface area contributed by atoms with Crippen LogP contribution in [-0.2, 0) is 9.53 Å². The van der Waals surface area contributed by atoms with Crippen LogP contribution in [0.5, 0.6) is 0 Å². The molecule has 0 aromatic heterocycles. The van der Waals surface area contributed by atoms with Gasteiger partial charge in [0.15, 0.2) is 0 Å². The third-order valence-electron chi connectivity index (χ3n) is 2.94. The lowest BCUT2D eigenvalue weighted by atomic mass is 10.0. The molecule has 0 radical (unpaired) electrons. The Morgan fingerprint density at radius 3 is 2.57 bits per heavy atom. The van der Waals surface area contributed by atoms with Gasteiger partial charge in [0, 0.05) is 11.8 Å². The summed E-state index contributed by atoms with van der Waals surface area (Å²) in [6.45, 7) is 10.8. The van der Waals surface area contributed by atoms with Crippen LogP contribution in [0.25, 0.3) is 0 Å². The minimum absolute atomic E-state index is 0.146. The van der Waals surface area contributed by atoms with E-state index in [1.807, 2.05) is 20.8 Å². The standard InChI is InChI=1S/C17H27NO2S/c1-6-18-15(14-10-8-7-9-13(14)2)11-21-12-16(19)20-17(3,4)5/h7-10,15,18H,6,11-12H2,1-5H3. The molecule has 0 fully saturated rings.